The molecule has 0 aromatic heterocycles. The smallest absolute Gasteiger partial charge is 0.350 e. The van der Waals surface area contributed by atoms with Crippen molar-refractivity contribution in [3.05, 3.63) is 182 Å². The molecule has 0 amide bonds. The lowest BCUT2D eigenvalue weighted by molar-refractivity contribution is -0.141. The normalized spacial score (nSPS) is 11.4. The second kappa shape index (κ2) is 14.2. The highest BCUT2D eigenvalue weighted by atomic mass is 28.4. The van der Waals surface area contributed by atoms with Crippen molar-refractivity contribution in [1.82, 2.24) is 0 Å². The summed E-state index contributed by atoms with van der Waals surface area (Å²) in [6, 6.07) is 59.6. The minimum absolute atomic E-state index is 0.108. The van der Waals surface area contributed by atoms with Gasteiger partial charge in [-0.25, -0.2) is 0 Å². The van der Waals surface area contributed by atoms with Crippen LogP contribution in [0, 0.1) is 0 Å². The van der Waals surface area contributed by atoms with Crippen molar-refractivity contribution in [3.8, 4) is 0 Å². The molecule has 0 spiro atoms. The van der Waals surface area contributed by atoms with Gasteiger partial charge in [0.05, 0.1) is 12.8 Å². The molecule has 46 heavy (non-hydrogen) atoms. The Balaban J connectivity index is 1.32. The molecule has 4 nitrogen and oxygen atoms in total. The Hall–Kier alpha value is -5.31. The fraction of sp³-hybridized carbons (Fsp3) is 0.0500. The zero-order valence-electron chi connectivity index (χ0n) is 25.4. The van der Waals surface area contributed by atoms with E-state index in [0.29, 0.717) is 0 Å². The monoisotopic (exact) mass is 634 g/mol. The Labute approximate surface area is 272 Å². The number of carbonyl (C=O) groups is 2. The summed E-state index contributed by atoms with van der Waals surface area (Å²) < 4.78 is 13.3. The first-order chi connectivity index (χ1) is 22.6. The highest BCUT2D eigenvalue weighted by molar-refractivity contribution is 7.08. The maximum Gasteiger partial charge on any atom is 0.350 e. The van der Waals surface area contributed by atoms with Crippen LogP contribution in [-0.4, -0.2) is 28.6 Å². The first-order valence-corrected chi connectivity index (χ1v) is 19.2. The van der Waals surface area contributed by atoms with Crippen molar-refractivity contribution in [2.75, 3.05) is 0 Å². The molecule has 0 bridgehead atoms. The van der Waals surface area contributed by atoms with Gasteiger partial charge in [0.25, 0.3) is 11.9 Å². The van der Waals surface area contributed by atoms with Gasteiger partial charge in [0.1, 0.15) is 0 Å². The number of carbonyl (C=O) groups excluding carboxylic acids is 2. The third kappa shape index (κ3) is 6.26. The average molecular weight is 635 g/mol. The summed E-state index contributed by atoms with van der Waals surface area (Å²) in [5.74, 6) is -0.877. The van der Waals surface area contributed by atoms with E-state index < -0.39 is 28.6 Å². The molecule has 6 aromatic carbocycles. The second-order valence-corrected chi connectivity index (χ2v) is 17.6. The van der Waals surface area contributed by atoms with Crippen LogP contribution in [0.1, 0.15) is 12.8 Å². The van der Waals surface area contributed by atoms with Gasteiger partial charge >= 0.3 is 16.6 Å². The lowest BCUT2D eigenvalue weighted by atomic mass is 10.3. The molecule has 0 aliphatic rings. The molecule has 0 N–H and O–H groups in total. The van der Waals surface area contributed by atoms with E-state index in [9.17, 15) is 9.59 Å². The Morgan fingerprint density at radius 1 is 0.326 bits per heavy atom. The Morgan fingerprint density at radius 2 is 0.500 bits per heavy atom. The molecule has 0 unspecified atom stereocenters. The first kappa shape index (κ1) is 30.7. The molecule has 226 valence electrons. The molecule has 0 saturated heterocycles. The topological polar surface area (TPSA) is 52.6 Å². The molecule has 0 radical (unpaired) electrons. The number of rotatable bonds is 11. The van der Waals surface area contributed by atoms with Gasteiger partial charge in [0.2, 0.25) is 0 Å². The van der Waals surface area contributed by atoms with Crippen LogP contribution >= 0.6 is 0 Å². The maximum absolute atomic E-state index is 13.9. The molecule has 6 rings (SSSR count). The van der Waals surface area contributed by atoms with Crippen LogP contribution in [0.3, 0.4) is 0 Å². The van der Waals surface area contributed by atoms with Crippen LogP contribution in [0.2, 0.25) is 0 Å². The summed E-state index contributed by atoms with van der Waals surface area (Å²) in [4.78, 5) is 27.7. The summed E-state index contributed by atoms with van der Waals surface area (Å²) in [7, 11) is -6.51. The van der Waals surface area contributed by atoms with E-state index in [1.54, 1.807) is 0 Å². The van der Waals surface area contributed by atoms with Crippen LogP contribution < -0.4 is 31.1 Å². The quantitative estimate of drug-likeness (QED) is 0.159. The third-order valence-corrected chi connectivity index (χ3v) is 16.1. The predicted octanol–water partition coefficient (Wildman–Crippen LogP) is 4.19. The maximum atomic E-state index is 13.9. The molecular formula is C40H34O4Si2. The highest BCUT2D eigenvalue weighted by Crippen LogP contribution is 2.15. The SMILES string of the molecule is O=C(CCC(=O)O[Si](c1ccccc1)(c1ccccc1)c1ccccc1)O[Si](c1ccccc1)(c1ccccc1)c1ccccc1. The van der Waals surface area contributed by atoms with Crippen molar-refractivity contribution in [2.24, 2.45) is 0 Å². The fourth-order valence-electron chi connectivity index (χ4n) is 6.04. The minimum atomic E-state index is -3.26. The summed E-state index contributed by atoms with van der Waals surface area (Å²) in [6.45, 7) is 0. The highest BCUT2D eigenvalue weighted by Gasteiger charge is 2.47. The van der Waals surface area contributed by atoms with Gasteiger partial charge in [0, 0.05) is 0 Å². The van der Waals surface area contributed by atoms with Crippen molar-refractivity contribution in [3.63, 3.8) is 0 Å². The van der Waals surface area contributed by atoms with Crippen LogP contribution in [0.4, 0.5) is 0 Å². The van der Waals surface area contributed by atoms with Crippen molar-refractivity contribution < 1.29 is 18.4 Å². The van der Waals surface area contributed by atoms with E-state index in [1.165, 1.54) is 0 Å². The van der Waals surface area contributed by atoms with E-state index in [4.69, 9.17) is 8.85 Å². The standard InChI is InChI=1S/C40H34O4Si2/c41-39(43-45(33-19-7-1-8-20-33,34-21-9-2-10-22-34)35-23-11-3-12-24-35)31-32-40(42)44-46(36-25-13-4-14-26-36,37-27-15-5-16-28-37)38-29-17-6-18-30-38/h1-30H,31-32H2. The second-order valence-electron chi connectivity index (χ2n) is 11.0. The zero-order chi connectivity index (χ0) is 31.7. The zero-order valence-corrected chi connectivity index (χ0v) is 27.4. The number of hydrogen-bond donors (Lipinski definition) is 0. The lowest BCUT2D eigenvalue weighted by Gasteiger charge is -2.33. The largest absolute Gasteiger partial charge is 0.506 e. The summed E-state index contributed by atoms with van der Waals surface area (Å²) in [6.07, 6.45) is -0.216. The van der Waals surface area contributed by atoms with Gasteiger partial charge in [0.15, 0.2) is 0 Å². The van der Waals surface area contributed by atoms with Gasteiger partial charge < -0.3 is 8.85 Å². The van der Waals surface area contributed by atoms with Crippen LogP contribution in [-0.2, 0) is 18.4 Å². The molecular weight excluding hydrogens is 601 g/mol. The summed E-state index contributed by atoms with van der Waals surface area (Å²) >= 11 is 0. The molecule has 0 atom stereocenters. The van der Waals surface area contributed by atoms with Crippen molar-refractivity contribution >= 4 is 59.7 Å². The first-order valence-electron chi connectivity index (χ1n) is 15.4. The summed E-state index contributed by atoms with van der Waals surface area (Å²) in [5, 5.41) is 5.71. The van der Waals surface area contributed by atoms with Crippen LogP contribution in [0.25, 0.3) is 0 Å². The van der Waals surface area contributed by atoms with Gasteiger partial charge in [-0.05, 0) is 31.1 Å². The van der Waals surface area contributed by atoms with E-state index in [0.717, 1.165) is 31.1 Å². The fourth-order valence-corrected chi connectivity index (χ4v) is 13.6. The van der Waals surface area contributed by atoms with Gasteiger partial charge in [-0.15, -0.1) is 0 Å². The lowest BCUT2D eigenvalue weighted by Crippen LogP contribution is -2.70. The molecule has 0 heterocycles. The Bertz CT molecular complexity index is 1520. The van der Waals surface area contributed by atoms with Gasteiger partial charge in [-0.3, -0.25) is 9.59 Å². The minimum Gasteiger partial charge on any atom is -0.506 e. The molecule has 0 aliphatic heterocycles. The molecule has 0 saturated carbocycles. The van der Waals surface area contributed by atoms with Crippen molar-refractivity contribution in [2.45, 2.75) is 12.8 Å². The molecule has 6 aromatic rings. The molecule has 6 heteroatoms. The molecule has 0 fully saturated rings. The number of hydrogen-bond acceptors (Lipinski definition) is 4. The van der Waals surface area contributed by atoms with E-state index in [2.05, 4.69) is 0 Å². The van der Waals surface area contributed by atoms with Gasteiger partial charge in [-0.1, -0.05) is 182 Å². The Morgan fingerprint density at radius 3 is 0.674 bits per heavy atom. The predicted molar refractivity (Wildman–Crippen MR) is 189 cm³/mol. The van der Waals surface area contributed by atoms with E-state index >= 15 is 0 Å². The summed E-state index contributed by atoms with van der Waals surface area (Å²) in [5.41, 5.74) is 0. The Kier molecular flexibility index (Phi) is 9.48. The molecule has 0 aliphatic carbocycles. The van der Waals surface area contributed by atoms with Crippen LogP contribution in [0.15, 0.2) is 182 Å². The van der Waals surface area contributed by atoms with E-state index in [1.807, 2.05) is 182 Å². The third-order valence-electron chi connectivity index (χ3n) is 8.15. The van der Waals surface area contributed by atoms with Crippen molar-refractivity contribution in [1.29, 1.82) is 0 Å². The van der Waals surface area contributed by atoms with Gasteiger partial charge in [-0.2, -0.15) is 0 Å². The van der Waals surface area contributed by atoms with Crippen LogP contribution in [0.5, 0.6) is 0 Å². The number of benzene rings is 6. The average Bonchev–Trinajstić information content (AvgIpc) is 3.14. The van der Waals surface area contributed by atoms with E-state index in [-0.39, 0.29) is 12.8 Å².